The van der Waals surface area contributed by atoms with Crippen LogP contribution in [0, 0.1) is 0 Å². The second kappa shape index (κ2) is 9.08. The number of carbonyl (C=O) groups excluding carboxylic acids is 2. The van der Waals surface area contributed by atoms with Gasteiger partial charge in [0.15, 0.2) is 0 Å². The van der Waals surface area contributed by atoms with E-state index in [4.69, 9.17) is 9.47 Å². The van der Waals surface area contributed by atoms with Crippen molar-refractivity contribution in [3.05, 3.63) is 89.5 Å². The van der Waals surface area contributed by atoms with Gasteiger partial charge in [-0.25, -0.2) is 0 Å². The van der Waals surface area contributed by atoms with Crippen LogP contribution in [-0.4, -0.2) is 35.6 Å². The van der Waals surface area contributed by atoms with Crippen LogP contribution in [0.4, 0.5) is 5.69 Å². The third kappa shape index (κ3) is 4.01. The number of carbonyl (C=O) groups is 2. The average molecular weight is 445 g/mol. The number of Topliss-reactive ketones (excluding diaryl/α,β-unsaturated/α-hetero) is 1. The van der Waals surface area contributed by atoms with Gasteiger partial charge in [-0.05, 0) is 61.0 Å². The Morgan fingerprint density at radius 1 is 0.970 bits per heavy atom. The van der Waals surface area contributed by atoms with Gasteiger partial charge in [0.1, 0.15) is 23.0 Å². The lowest BCUT2D eigenvalue weighted by molar-refractivity contribution is -0.132. The minimum absolute atomic E-state index is 0.0827. The molecule has 168 valence electrons. The van der Waals surface area contributed by atoms with Crippen LogP contribution in [-0.2, 0) is 9.59 Å². The van der Waals surface area contributed by atoms with Crippen molar-refractivity contribution in [2.24, 2.45) is 0 Å². The first-order chi connectivity index (χ1) is 16.0. The van der Waals surface area contributed by atoms with Gasteiger partial charge in [0.05, 0.1) is 31.0 Å². The minimum Gasteiger partial charge on any atom is -0.507 e. The molecular weight excluding hydrogens is 422 g/mol. The lowest BCUT2D eigenvalue weighted by Crippen LogP contribution is -2.29. The molecule has 7 nitrogen and oxygen atoms in total. The van der Waals surface area contributed by atoms with Gasteiger partial charge in [-0.15, -0.1) is 0 Å². The number of aromatic hydroxyl groups is 1. The van der Waals surface area contributed by atoms with Crippen LogP contribution in [0.3, 0.4) is 0 Å². The number of phenolic OH excluding ortho intramolecular Hbond substituents is 1. The van der Waals surface area contributed by atoms with E-state index in [1.807, 2.05) is 6.92 Å². The first-order valence-electron chi connectivity index (χ1n) is 10.4. The molecule has 1 fully saturated rings. The van der Waals surface area contributed by atoms with Gasteiger partial charge in [-0.2, -0.15) is 0 Å². The third-order valence-electron chi connectivity index (χ3n) is 5.43. The van der Waals surface area contributed by atoms with Crippen molar-refractivity contribution in [3.8, 4) is 17.2 Å². The molecule has 3 aromatic rings. The number of aliphatic hydroxyl groups excluding tert-OH is 1. The van der Waals surface area contributed by atoms with Crippen molar-refractivity contribution in [2.75, 3.05) is 18.6 Å². The van der Waals surface area contributed by atoms with Crippen molar-refractivity contribution in [1.29, 1.82) is 0 Å². The summed E-state index contributed by atoms with van der Waals surface area (Å²) in [4.78, 5) is 27.5. The molecule has 2 N–H and O–H groups in total. The van der Waals surface area contributed by atoms with E-state index in [-0.39, 0.29) is 22.8 Å². The summed E-state index contributed by atoms with van der Waals surface area (Å²) in [5, 5.41) is 21.6. The molecule has 0 aromatic heterocycles. The second-order valence-electron chi connectivity index (χ2n) is 7.39. The second-order valence-corrected chi connectivity index (χ2v) is 7.39. The van der Waals surface area contributed by atoms with Crippen molar-refractivity contribution in [2.45, 2.75) is 13.0 Å². The zero-order valence-electron chi connectivity index (χ0n) is 18.2. The van der Waals surface area contributed by atoms with Crippen LogP contribution in [0.25, 0.3) is 5.76 Å². The fourth-order valence-corrected chi connectivity index (χ4v) is 3.91. The Bertz CT molecular complexity index is 1230. The number of amides is 1. The van der Waals surface area contributed by atoms with Gasteiger partial charge < -0.3 is 19.7 Å². The van der Waals surface area contributed by atoms with Crippen molar-refractivity contribution in [1.82, 2.24) is 0 Å². The highest BCUT2D eigenvalue weighted by Gasteiger charge is 2.47. The predicted octanol–water partition coefficient (Wildman–Crippen LogP) is 4.43. The number of nitrogens with zero attached hydrogens (tertiary/aromatic N) is 1. The zero-order chi connectivity index (χ0) is 23.5. The Hall–Kier alpha value is -4.26. The highest BCUT2D eigenvalue weighted by molar-refractivity contribution is 6.51. The number of phenols is 1. The number of ketones is 1. The molecule has 1 atom stereocenters. The van der Waals surface area contributed by atoms with E-state index < -0.39 is 17.7 Å². The summed E-state index contributed by atoms with van der Waals surface area (Å²) in [6.45, 7) is 2.36. The Morgan fingerprint density at radius 3 is 2.36 bits per heavy atom. The molecule has 1 aliphatic rings. The Balaban J connectivity index is 1.92. The summed E-state index contributed by atoms with van der Waals surface area (Å²) in [6.07, 6.45) is 0. The van der Waals surface area contributed by atoms with Gasteiger partial charge in [0.25, 0.3) is 11.7 Å². The number of ether oxygens (including phenoxy) is 2. The van der Waals surface area contributed by atoms with E-state index in [0.29, 0.717) is 29.2 Å². The highest BCUT2D eigenvalue weighted by Crippen LogP contribution is 2.45. The maximum absolute atomic E-state index is 13.2. The molecule has 1 aliphatic heterocycles. The topological polar surface area (TPSA) is 96.3 Å². The zero-order valence-corrected chi connectivity index (χ0v) is 18.2. The maximum atomic E-state index is 13.2. The van der Waals surface area contributed by atoms with E-state index in [2.05, 4.69) is 0 Å². The van der Waals surface area contributed by atoms with Crippen LogP contribution in [0.1, 0.15) is 24.1 Å². The van der Waals surface area contributed by atoms with Gasteiger partial charge in [0.2, 0.25) is 0 Å². The number of hydrogen-bond donors (Lipinski definition) is 2. The first kappa shape index (κ1) is 22.0. The number of aliphatic hydroxyl groups is 1. The number of hydrogen-bond acceptors (Lipinski definition) is 6. The molecule has 3 aromatic carbocycles. The third-order valence-corrected chi connectivity index (χ3v) is 5.43. The predicted molar refractivity (Wildman–Crippen MR) is 123 cm³/mol. The van der Waals surface area contributed by atoms with E-state index in [1.54, 1.807) is 66.7 Å². The smallest absolute Gasteiger partial charge is 0.300 e. The van der Waals surface area contributed by atoms with Crippen LogP contribution in [0.2, 0.25) is 0 Å². The van der Waals surface area contributed by atoms with Crippen molar-refractivity contribution in [3.63, 3.8) is 0 Å². The van der Waals surface area contributed by atoms with Crippen molar-refractivity contribution < 1.29 is 29.3 Å². The molecule has 1 unspecified atom stereocenters. The number of rotatable bonds is 6. The summed E-state index contributed by atoms with van der Waals surface area (Å²) in [7, 11) is 1.51. The fourth-order valence-electron chi connectivity index (χ4n) is 3.91. The summed E-state index contributed by atoms with van der Waals surface area (Å²) in [5.74, 6) is -1.03. The quantitative estimate of drug-likeness (QED) is 0.331. The van der Waals surface area contributed by atoms with Crippen LogP contribution < -0.4 is 14.4 Å². The van der Waals surface area contributed by atoms with Crippen LogP contribution in [0.15, 0.2) is 78.4 Å². The number of benzene rings is 3. The van der Waals surface area contributed by atoms with Gasteiger partial charge in [0, 0.05) is 5.56 Å². The molecule has 0 bridgehead atoms. The van der Waals surface area contributed by atoms with E-state index in [0.717, 1.165) is 0 Å². The number of para-hydroxylation sites is 2. The fraction of sp³-hybridized carbons (Fsp3) is 0.154. The summed E-state index contributed by atoms with van der Waals surface area (Å²) >= 11 is 0. The highest BCUT2D eigenvalue weighted by atomic mass is 16.5. The van der Waals surface area contributed by atoms with Crippen LogP contribution in [0.5, 0.6) is 17.2 Å². The monoisotopic (exact) mass is 445 g/mol. The molecule has 7 heteroatoms. The first-order valence-corrected chi connectivity index (χ1v) is 10.4. The van der Waals surface area contributed by atoms with E-state index in [1.165, 1.54) is 18.1 Å². The maximum Gasteiger partial charge on any atom is 0.300 e. The Kier molecular flexibility index (Phi) is 6.04. The summed E-state index contributed by atoms with van der Waals surface area (Å²) in [6, 6.07) is 18.8. The molecule has 0 spiro atoms. The lowest BCUT2D eigenvalue weighted by atomic mass is 9.95. The molecule has 1 amide bonds. The Morgan fingerprint density at radius 2 is 1.70 bits per heavy atom. The number of anilines is 1. The molecular formula is C26H23NO6. The largest absolute Gasteiger partial charge is 0.507 e. The van der Waals surface area contributed by atoms with Gasteiger partial charge in [-0.3, -0.25) is 14.5 Å². The lowest BCUT2D eigenvalue weighted by Gasteiger charge is -2.26. The van der Waals surface area contributed by atoms with Gasteiger partial charge in [-0.1, -0.05) is 24.3 Å². The molecule has 0 radical (unpaired) electrons. The average Bonchev–Trinajstić information content (AvgIpc) is 3.10. The van der Waals surface area contributed by atoms with Crippen LogP contribution >= 0.6 is 0 Å². The molecule has 0 aliphatic carbocycles. The molecule has 0 saturated carbocycles. The van der Waals surface area contributed by atoms with Crippen molar-refractivity contribution >= 4 is 23.1 Å². The van der Waals surface area contributed by atoms with E-state index in [9.17, 15) is 19.8 Å². The van der Waals surface area contributed by atoms with Gasteiger partial charge >= 0.3 is 0 Å². The molecule has 33 heavy (non-hydrogen) atoms. The standard InChI is InChI=1S/C26H23NO6/c1-3-33-18-13-11-16(12-14-18)24(29)22-23(17-7-6-8-19(15-17)32-2)27(26(31)25(22)30)20-9-4-5-10-21(20)28/h4-15,23,28-29H,3H2,1-2H3/b24-22-. The van der Waals surface area contributed by atoms with E-state index >= 15 is 0 Å². The molecule has 4 rings (SSSR count). The SMILES string of the molecule is CCOc1ccc(/C(O)=C2/C(=O)C(=O)N(c3ccccc3O)C2c2cccc(OC)c2)cc1. The minimum atomic E-state index is -0.972. The normalized spacial score (nSPS) is 17.3. The summed E-state index contributed by atoms with van der Waals surface area (Å²) < 4.78 is 10.8. The molecule has 1 heterocycles. The molecule has 1 saturated heterocycles. The number of methoxy groups -OCH3 is 1. The Labute approximate surface area is 191 Å². The summed E-state index contributed by atoms with van der Waals surface area (Å²) in [5.41, 5.74) is 0.991.